The van der Waals surface area contributed by atoms with Crippen molar-refractivity contribution in [3.8, 4) is 0 Å². The highest BCUT2D eigenvalue weighted by atomic mass is 15.2. The van der Waals surface area contributed by atoms with Crippen molar-refractivity contribution in [2.75, 3.05) is 85.1 Å². The van der Waals surface area contributed by atoms with Crippen molar-refractivity contribution in [2.24, 2.45) is 5.92 Å². The van der Waals surface area contributed by atoms with Crippen LogP contribution in [-0.2, 0) is 0 Å². The van der Waals surface area contributed by atoms with Crippen LogP contribution in [0.2, 0.25) is 0 Å². The SMILES string of the molecule is C1CCN(CC2CCNCC2)CC1.C1CCN(CCN2CCNCC2)CC1. The zero-order chi connectivity index (χ0) is 18.6. The normalized spacial score (nSPS) is 27.1. The zero-order valence-electron chi connectivity index (χ0n) is 17.8. The second-order valence-electron chi connectivity index (χ2n) is 9.05. The zero-order valence-corrected chi connectivity index (χ0v) is 17.8. The van der Waals surface area contributed by atoms with Gasteiger partial charge in [0.2, 0.25) is 0 Å². The largest absolute Gasteiger partial charge is 0.317 e. The Bertz CT molecular complexity index is 320. The average molecular weight is 380 g/mol. The Morgan fingerprint density at radius 1 is 0.519 bits per heavy atom. The van der Waals surface area contributed by atoms with Gasteiger partial charge in [-0.05, 0) is 83.7 Å². The van der Waals surface area contributed by atoms with Gasteiger partial charge in [0.05, 0.1) is 0 Å². The first-order valence-corrected chi connectivity index (χ1v) is 12.0. The van der Waals surface area contributed by atoms with Crippen LogP contribution in [-0.4, -0.2) is 99.8 Å². The van der Waals surface area contributed by atoms with Gasteiger partial charge in [0, 0.05) is 45.8 Å². The molecule has 0 aromatic rings. The monoisotopic (exact) mass is 379 g/mol. The molecule has 0 aromatic heterocycles. The number of piperazine rings is 1. The molecule has 0 spiro atoms. The van der Waals surface area contributed by atoms with E-state index in [1.165, 1.54) is 136 Å². The second-order valence-corrected chi connectivity index (χ2v) is 9.05. The molecule has 2 N–H and O–H groups in total. The van der Waals surface area contributed by atoms with Gasteiger partial charge in [-0.3, -0.25) is 4.90 Å². The molecule has 5 nitrogen and oxygen atoms in total. The van der Waals surface area contributed by atoms with Crippen molar-refractivity contribution in [1.29, 1.82) is 0 Å². The number of nitrogens with zero attached hydrogens (tertiary/aromatic N) is 3. The summed E-state index contributed by atoms with van der Waals surface area (Å²) in [6.07, 6.45) is 11.4. The lowest BCUT2D eigenvalue weighted by Gasteiger charge is -2.32. The van der Waals surface area contributed by atoms with Crippen LogP contribution in [0.5, 0.6) is 0 Å². The lowest BCUT2D eigenvalue weighted by Crippen LogP contribution is -2.46. The third kappa shape index (κ3) is 8.78. The first kappa shape index (κ1) is 21.5. The summed E-state index contributed by atoms with van der Waals surface area (Å²) in [6, 6.07) is 0. The fourth-order valence-corrected chi connectivity index (χ4v) is 4.97. The van der Waals surface area contributed by atoms with E-state index in [9.17, 15) is 0 Å². The van der Waals surface area contributed by atoms with E-state index >= 15 is 0 Å². The van der Waals surface area contributed by atoms with Crippen molar-refractivity contribution in [3.63, 3.8) is 0 Å². The lowest BCUT2D eigenvalue weighted by atomic mass is 9.96. The van der Waals surface area contributed by atoms with Gasteiger partial charge in [-0.2, -0.15) is 0 Å². The summed E-state index contributed by atoms with van der Waals surface area (Å²) in [6.45, 7) is 16.7. The third-order valence-electron chi connectivity index (χ3n) is 6.81. The number of nitrogens with one attached hydrogen (secondary N) is 2. The fourth-order valence-electron chi connectivity index (χ4n) is 4.97. The van der Waals surface area contributed by atoms with Crippen LogP contribution in [0.3, 0.4) is 0 Å². The molecule has 0 unspecified atom stereocenters. The van der Waals surface area contributed by atoms with Crippen molar-refractivity contribution in [2.45, 2.75) is 51.4 Å². The van der Waals surface area contributed by atoms with Crippen LogP contribution >= 0.6 is 0 Å². The van der Waals surface area contributed by atoms with Crippen LogP contribution < -0.4 is 10.6 Å². The van der Waals surface area contributed by atoms with Gasteiger partial charge in [0.1, 0.15) is 0 Å². The molecule has 0 amide bonds. The van der Waals surface area contributed by atoms with Crippen LogP contribution in [0.25, 0.3) is 0 Å². The van der Waals surface area contributed by atoms with Crippen molar-refractivity contribution < 1.29 is 0 Å². The van der Waals surface area contributed by atoms with E-state index in [1.54, 1.807) is 0 Å². The molecule has 4 fully saturated rings. The Morgan fingerprint density at radius 3 is 1.59 bits per heavy atom. The molecular formula is C22H45N5. The summed E-state index contributed by atoms with van der Waals surface area (Å²) in [5.74, 6) is 0.986. The standard InChI is InChI=1S/C11H23N3.C11H22N2/c1-2-6-13(7-3-1)10-11-14-8-4-12-5-9-14;1-2-8-13(9-3-1)10-11-4-6-12-7-5-11/h12H,1-11H2;11-12H,1-10H2. The molecular weight excluding hydrogens is 334 g/mol. The van der Waals surface area contributed by atoms with E-state index in [2.05, 4.69) is 25.3 Å². The minimum Gasteiger partial charge on any atom is -0.317 e. The molecule has 0 aromatic carbocycles. The molecule has 0 radical (unpaired) electrons. The molecule has 5 heteroatoms. The quantitative estimate of drug-likeness (QED) is 0.762. The first-order valence-electron chi connectivity index (χ1n) is 12.0. The Hall–Kier alpha value is -0.200. The topological polar surface area (TPSA) is 33.8 Å². The van der Waals surface area contributed by atoms with Crippen LogP contribution in [0.1, 0.15) is 51.4 Å². The van der Waals surface area contributed by atoms with E-state index in [-0.39, 0.29) is 0 Å². The van der Waals surface area contributed by atoms with Gasteiger partial charge >= 0.3 is 0 Å². The Balaban J connectivity index is 0.000000156. The van der Waals surface area contributed by atoms with E-state index in [0.717, 1.165) is 5.92 Å². The highest BCUT2D eigenvalue weighted by Crippen LogP contribution is 2.16. The van der Waals surface area contributed by atoms with E-state index in [1.807, 2.05) is 0 Å². The maximum Gasteiger partial charge on any atom is 0.0110 e. The van der Waals surface area contributed by atoms with E-state index < -0.39 is 0 Å². The number of likely N-dealkylation sites (tertiary alicyclic amines) is 2. The molecule has 0 saturated carbocycles. The number of rotatable bonds is 5. The number of piperidine rings is 3. The summed E-state index contributed by atoms with van der Waals surface area (Å²) < 4.78 is 0. The van der Waals surface area contributed by atoms with E-state index in [4.69, 9.17) is 0 Å². The third-order valence-corrected chi connectivity index (χ3v) is 6.81. The molecule has 4 aliphatic rings. The maximum atomic E-state index is 3.43. The predicted octanol–water partition coefficient (Wildman–Crippen LogP) is 1.85. The average Bonchev–Trinajstić information content (AvgIpc) is 2.76. The summed E-state index contributed by atoms with van der Waals surface area (Å²) in [7, 11) is 0. The van der Waals surface area contributed by atoms with Crippen molar-refractivity contribution in [1.82, 2.24) is 25.3 Å². The maximum absolute atomic E-state index is 3.43. The predicted molar refractivity (Wildman–Crippen MR) is 115 cm³/mol. The molecule has 4 heterocycles. The van der Waals surface area contributed by atoms with Gasteiger partial charge in [-0.15, -0.1) is 0 Å². The van der Waals surface area contributed by atoms with Crippen molar-refractivity contribution in [3.05, 3.63) is 0 Å². The second kappa shape index (κ2) is 13.1. The Kier molecular flexibility index (Phi) is 10.4. The summed E-state index contributed by atoms with van der Waals surface area (Å²) >= 11 is 0. The molecule has 158 valence electrons. The number of hydrogen-bond acceptors (Lipinski definition) is 5. The molecule has 4 saturated heterocycles. The molecule has 0 bridgehead atoms. The smallest absolute Gasteiger partial charge is 0.0110 e. The molecule has 4 rings (SSSR count). The Labute approximate surface area is 168 Å². The molecule has 4 aliphatic heterocycles. The summed E-state index contributed by atoms with van der Waals surface area (Å²) in [5, 5.41) is 6.83. The first-order chi connectivity index (χ1) is 13.4. The van der Waals surface area contributed by atoms with Gasteiger partial charge in [-0.1, -0.05) is 12.8 Å². The van der Waals surface area contributed by atoms with E-state index in [0.29, 0.717) is 0 Å². The molecule has 0 aliphatic carbocycles. The Morgan fingerprint density at radius 2 is 1.00 bits per heavy atom. The minimum atomic E-state index is 0.986. The highest BCUT2D eigenvalue weighted by molar-refractivity contribution is 4.74. The van der Waals surface area contributed by atoms with Crippen LogP contribution in [0.15, 0.2) is 0 Å². The van der Waals surface area contributed by atoms with Gasteiger partial charge < -0.3 is 20.4 Å². The number of hydrogen-bond donors (Lipinski definition) is 2. The van der Waals surface area contributed by atoms with Crippen LogP contribution in [0, 0.1) is 5.92 Å². The molecule has 0 atom stereocenters. The molecule has 27 heavy (non-hydrogen) atoms. The van der Waals surface area contributed by atoms with Gasteiger partial charge in [-0.25, -0.2) is 0 Å². The van der Waals surface area contributed by atoms with Crippen molar-refractivity contribution >= 4 is 0 Å². The fraction of sp³-hybridized carbons (Fsp3) is 1.00. The summed E-state index contributed by atoms with van der Waals surface area (Å²) in [4.78, 5) is 7.90. The highest BCUT2D eigenvalue weighted by Gasteiger charge is 2.18. The summed E-state index contributed by atoms with van der Waals surface area (Å²) in [5.41, 5.74) is 0. The minimum absolute atomic E-state index is 0.986. The van der Waals surface area contributed by atoms with Gasteiger partial charge in [0.25, 0.3) is 0 Å². The van der Waals surface area contributed by atoms with Gasteiger partial charge in [0.15, 0.2) is 0 Å². The van der Waals surface area contributed by atoms with Crippen LogP contribution in [0.4, 0.5) is 0 Å². The lowest BCUT2D eigenvalue weighted by molar-refractivity contribution is 0.171.